The molecule has 146 valence electrons. The number of hydrogen-bond donors (Lipinski definition) is 1. The van der Waals surface area contributed by atoms with E-state index < -0.39 is 0 Å². The van der Waals surface area contributed by atoms with Crippen LogP contribution in [0.3, 0.4) is 0 Å². The predicted octanol–water partition coefficient (Wildman–Crippen LogP) is 0.876. The largest absolute Gasteiger partial charge is 0.353 e. The van der Waals surface area contributed by atoms with Gasteiger partial charge in [-0.25, -0.2) is 15.0 Å². The molecule has 10 nitrogen and oxygen atoms in total. The third-order valence-electron chi connectivity index (χ3n) is 4.47. The molecule has 0 aromatic carbocycles. The Morgan fingerprint density at radius 1 is 0.793 bits per heavy atom. The molecular weight excluding hydrogens is 372 g/mol. The van der Waals surface area contributed by atoms with Crippen molar-refractivity contribution in [3.05, 3.63) is 66.9 Å². The molecule has 1 N–H and O–H groups in total. The van der Waals surface area contributed by atoms with Crippen LogP contribution in [0.2, 0.25) is 0 Å². The molecule has 1 fully saturated rings. The molecule has 0 unspecified atom stereocenters. The van der Waals surface area contributed by atoms with Crippen LogP contribution in [0.1, 0.15) is 21.0 Å². The molecule has 3 aromatic rings. The average Bonchev–Trinajstić information content (AvgIpc) is 2.80. The summed E-state index contributed by atoms with van der Waals surface area (Å²) in [5, 5.41) is 2.74. The highest BCUT2D eigenvalue weighted by Gasteiger charge is 2.23. The number of nitrogens with one attached hydrogen (secondary N) is 1. The highest BCUT2D eigenvalue weighted by molar-refractivity contribution is 6.02. The molecule has 29 heavy (non-hydrogen) atoms. The Morgan fingerprint density at radius 3 is 2.07 bits per heavy atom. The van der Waals surface area contributed by atoms with Crippen LogP contribution in [-0.4, -0.2) is 67.8 Å². The van der Waals surface area contributed by atoms with Gasteiger partial charge in [-0.05, 0) is 12.1 Å². The minimum absolute atomic E-state index is 0.118. The number of piperazine rings is 1. The normalized spacial score (nSPS) is 13.8. The quantitative estimate of drug-likeness (QED) is 0.698. The molecule has 0 spiro atoms. The van der Waals surface area contributed by atoms with E-state index in [1.54, 1.807) is 23.4 Å². The number of hydrogen-bond acceptors (Lipinski definition) is 8. The van der Waals surface area contributed by atoms with Crippen LogP contribution in [0.25, 0.3) is 0 Å². The van der Waals surface area contributed by atoms with Crippen LogP contribution in [0.5, 0.6) is 0 Å². The van der Waals surface area contributed by atoms with E-state index in [9.17, 15) is 9.59 Å². The fourth-order valence-electron chi connectivity index (χ4n) is 2.97. The van der Waals surface area contributed by atoms with Gasteiger partial charge in [-0.2, -0.15) is 0 Å². The van der Waals surface area contributed by atoms with Crippen LogP contribution in [0.4, 0.5) is 11.5 Å². The van der Waals surface area contributed by atoms with E-state index in [0.29, 0.717) is 37.6 Å². The first-order valence-corrected chi connectivity index (χ1v) is 9.04. The number of carbonyl (C=O) groups excluding carboxylic acids is 2. The standard InChI is InChI=1S/C19H18N8O2/c28-18(15-12-20-3-5-22-15)25-14-1-2-17(24-11-14)26-7-9-27(10-8-26)19(29)16-13-21-4-6-23-16/h1-6,11-13H,7-10H2,(H,25,28). The Morgan fingerprint density at radius 2 is 1.48 bits per heavy atom. The molecule has 10 heteroatoms. The molecule has 1 saturated heterocycles. The lowest BCUT2D eigenvalue weighted by molar-refractivity contribution is 0.0740. The fourth-order valence-corrected chi connectivity index (χ4v) is 2.97. The summed E-state index contributed by atoms with van der Waals surface area (Å²) in [6.45, 7) is 2.46. The first-order chi connectivity index (χ1) is 14.2. The smallest absolute Gasteiger partial charge is 0.275 e. The minimum atomic E-state index is -0.344. The fraction of sp³-hybridized carbons (Fsp3) is 0.211. The summed E-state index contributed by atoms with van der Waals surface area (Å²) in [6, 6.07) is 3.63. The summed E-state index contributed by atoms with van der Waals surface area (Å²) in [4.78, 5) is 48.7. The van der Waals surface area contributed by atoms with Gasteiger partial charge in [-0.1, -0.05) is 0 Å². The molecule has 4 rings (SSSR count). The second kappa shape index (κ2) is 8.38. The van der Waals surface area contributed by atoms with E-state index in [1.807, 2.05) is 6.07 Å². The van der Waals surface area contributed by atoms with Crippen molar-refractivity contribution in [2.75, 3.05) is 36.4 Å². The lowest BCUT2D eigenvalue weighted by Gasteiger charge is -2.35. The summed E-state index contributed by atoms with van der Waals surface area (Å²) >= 11 is 0. The Balaban J connectivity index is 1.33. The van der Waals surface area contributed by atoms with Crippen LogP contribution < -0.4 is 10.2 Å². The first-order valence-electron chi connectivity index (χ1n) is 9.04. The van der Waals surface area contributed by atoms with E-state index in [4.69, 9.17) is 0 Å². The first kappa shape index (κ1) is 18.4. The third kappa shape index (κ3) is 4.32. The van der Waals surface area contributed by atoms with Gasteiger partial charge in [0.05, 0.1) is 24.3 Å². The van der Waals surface area contributed by atoms with Crippen LogP contribution >= 0.6 is 0 Å². The Hall–Kier alpha value is -3.95. The number of aromatic nitrogens is 5. The summed E-state index contributed by atoms with van der Waals surface area (Å²) in [7, 11) is 0. The van der Waals surface area contributed by atoms with E-state index in [0.717, 1.165) is 5.82 Å². The van der Waals surface area contributed by atoms with E-state index in [2.05, 4.69) is 35.1 Å². The second-order valence-corrected chi connectivity index (χ2v) is 6.32. The summed E-state index contributed by atoms with van der Waals surface area (Å²) in [5.74, 6) is 0.325. The lowest BCUT2D eigenvalue weighted by Crippen LogP contribution is -2.49. The van der Waals surface area contributed by atoms with Crippen molar-refractivity contribution >= 4 is 23.3 Å². The van der Waals surface area contributed by atoms with Crippen LogP contribution in [-0.2, 0) is 0 Å². The Labute approximate surface area is 166 Å². The van der Waals surface area contributed by atoms with Crippen LogP contribution in [0, 0.1) is 0 Å². The van der Waals surface area contributed by atoms with Gasteiger partial charge in [-0.15, -0.1) is 0 Å². The Bertz CT molecular complexity index is 974. The predicted molar refractivity (Wildman–Crippen MR) is 104 cm³/mol. The van der Waals surface area contributed by atoms with Crippen molar-refractivity contribution in [3.8, 4) is 0 Å². The van der Waals surface area contributed by atoms with Gasteiger partial charge in [0.25, 0.3) is 11.8 Å². The van der Waals surface area contributed by atoms with Crippen molar-refractivity contribution in [2.24, 2.45) is 0 Å². The maximum absolute atomic E-state index is 12.4. The lowest BCUT2D eigenvalue weighted by atomic mass is 10.2. The monoisotopic (exact) mass is 390 g/mol. The molecule has 2 amide bonds. The van der Waals surface area contributed by atoms with Gasteiger partial charge in [0.1, 0.15) is 17.2 Å². The summed E-state index contributed by atoms with van der Waals surface area (Å²) < 4.78 is 0. The number of pyridine rings is 1. The zero-order valence-electron chi connectivity index (χ0n) is 15.5. The molecule has 0 radical (unpaired) electrons. The SMILES string of the molecule is O=C(Nc1ccc(N2CCN(C(=O)c3cnccn3)CC2)nc1)c1cnccn1. The van der Waals surface area contributed by atoms with Crippen molar-refractivity contribution in [1.29, 1.82) is 0 Å². The molecule has 3 aromatic heterocycles. The zero-order valence-corrected chi connectivity index (χ0v) is 15.5. The van der Waals surface area contributed by atoms with Gasteiger partial charge < -0.3 is 15.1 Å². The summed E-state index contributed by atoms with van der Waals surface area (Å²) in [5.41, 5.74) is 1.16. The Kier molecular flexibility index (Phi) is 5.32. The van der Waals surface area contributed by atoms with Gasteiger partial charge >= 0.3 is 0 Å². The molecule has 0 atom stereocenters. The van der Waals surface area contributed by atoms with E-state index in [-0.39, 0.29) is 17.5 Å². The van der Waals surface area contributed by atoms with Gasteiger partial charge in [0, 0.05) is 51.0 Å². The molecule has 0 saturated carbocycles. The van der Waals surface area contributed by atoms with Crippen molar-refractivity contribution < 1.29 is 9.59 Å². The van der Waals surface area contributed by atoms with Crippen LogP contribution in [0.15, 0.2) is 55.5 Å². The maximum atomic E-state index is 12.4. The molecular formula is C19H18N8O2. The molecule has 1 aliphatic heterocycles. The minimum Gasteiger partial charge on any atom is -0.353 e. The molecule has 0 aliphatic carbocycles. The molecule has 4 heterocycles. The summed E-state index contributed by atoms with van der Waals surface area (Å²) in [6.07, 6.45) is 10.5. The van der Waals surface area contributed by atoms with E-state index >= 15 is 0 Å². The van der Waals surface area contributed by atoms with Gasteiger partial charge in [0.2, 0.25) is 0 Å². The van der Waals surface area contributed by atoms with Gasteiger partial charge in [0.15, 0.2) is 0 Å². The van der Waals surface area contributed by atoms with E-state index in [1.165, 1.54) is 31.0 Å². The van der Waals surface area contributed by atoms with Crippen molar-refractivity contribution in [1.82, 2.24) is 29.8 Å². The highest BCUT2D eigenvalue weighted by Crippen LogP contribution is 2.17. The highest BCUT2D eigenvalue weighted by atomic mass is 16.2. The third-order valence-corrected chi connectivity index (χ3v) is 4.47. The number of carbonyl (C=O) groups is 2. The number of nitrogens with zero attached hydrogens (tertiary/aromatic N) is 7. The van der Waals surface area contributed by atoms with Gasteiger partial charge in [-0.3, -0.25) is 19.6 Å². The van der Waals surface area contributed by atoms with Crippen molar-refractivity contribution in [3.63, 3.8) is 0 Å². The number of anilines is 2. The second-order valence-electron chi connectivity index (χ2n) is 6.32. The zero-order chi connectivity index (χ0) is 20.1. The number of rotatable bonds is 4. The van der Waals surface area contributed by atoms with Crippen molar-refractivity contribution in [2.45, 2.75) is 0 Å². The maximum Gasteiger partial charge on any atom is 0.275 e. The average molecular weight is 390 g/mol. The molecule has 1 aliphatic rings. The molecule has 0 bridgehead atoms. The topological polar surface area (TPSA) is 117 Å². The number of amides is 2.